The van der Waals surface area contributed by atoms with Crippen molar-refractivity contribution in [1.29, 1.82) is 0 Å². The van der Waals surface area contributed by atoms with Gasteiger partial charge in [-0.1, -0.05) is 49.6 Å². The number of aromatic nitrogens is 3. The van der Waals surface area contributed by atoms with Crippen molar-refractivity contribution >= 4 is 11.6 Å². The van der Waals surface area contributed by atoms with Crippen molar-refractivity contribution in [2.24, 2.45) is 5.92 Å². The Morgan fingerprint density at radius 1 is 1.10 bits per heavy atom. The number of fused-ring (bicyclic) bond motifs is 1. The Labute approximate surface area is 183 Å². The molecule has 0 unspecified atom stereocenters. The molecule has 0 N–H and O–H groups in total. The summed E-state index contributed by atoms with van der Waals surface area (Å²) in [5, 5.41) is 4.68. The van der Waals surface area contributed by atoms with Crippen molar-refractivity contribution < 1.29 is 9.53 Å². The number of imidazole rings is 1. The molecule has 162 valence electrons. The topological polar surface area (TPSA) is 59.7 Å². The molecular formula is C25H30N4O2. The van der Waals surface area contributed by atoms with Gasteiger partial charge in [0, 0.05) is 31.4 Å². The van der Waals surface area contributed by atoms with Crippen molar-refractivity contribution in [3.63, 3.8) is 0 Å². The molecule has 1 aliphatic heterocycles. The smallest absolute Gasteiger partial charge is 0.233 e. The molecule has 31 heavy (non-hydrogen) atoms. The molecule has 2 aliphatic rings. The van der Waals surface area contributed by atoms with Crippen LogP contribution >= 0.6 is 0 Å². The van der Waals surface area contributed by atoms with Crippen LogP contribution in [0.3, 0.4) is 0 Å². The highest BCUT2D eigenvalue weighted by atomic mass is 16.5. The third kappa shape index (κ3) is 4.09. The summed E-state index contributed by atoms with van der Waals surface area (Å²) in [5.41, 5.74) is 2.64. The van der Waals surface area contributed by atoms with Gasteiger partial charge >= 0.3 is 0 Å². The highest BCUT2D eigenvalue weighted by Gasteiger charge is 2.44. The van der Waals surface area contributed by atoms with E-state index in [0.29, 0.717) is 19.8 Å². The van der Waals surface area contributed by atoms with Gasteiger partial charge in [-0.05, 0) is 37.0 Å². The molecule has 0 bridgehead atoms. The van der Waals surface area contributed by atoms with Gasteiger partial charge in [0.15, 0.2) is 5.65 Å². The first-order chi connectivity index (χ1) is 15.2. The average Bonchev–Trinajstić information content (AvgIpc) is 3.17. The molecule has 1 amide bonds. The minimum atomic E-state index is -0.387. The van der Waals surface area contributed by atoms with Crippen LogP contribution in [0.1, 0.15) is 43.4 Å². The van der Waals surface area contributed by atoms with E-state index >= 15 is 0 Å². The van der Waals surface area contributed by atoms with E-state index in [1.165, 1.54) is 12.0 Å². The fourth-order valence-corrected chi connectivity index (χ4v) is 5.29. The summed E-state index contributed by atoms with van der Waals surface area (Å²) in [4.78, 5) is 20.4. The monoisotopic (exact) mass is 418 g/mol. The van der Waals surface area contributed by atoms with Gasteiger partial charge in [-0.2, -0.15) is 5.10 Å². The summed E-state index contributed by atoms with van der Waals surface area (Å²) < 4.78 is 7.73. The summed E-state index contributed by atoms with van der Waals surface area (Å²) in [6.07, 6.45) is 9.74. The number of carbonyl (C=O) groups excluding carboxylic acids is 1. The van der Waals surface area contributed by atoms with Crippen LogP contribution in [-0.2, 0) is 21.4 Å². The number of hydrogen-bond donors (Lipinski definition) is 0. The van der Waals surface area contributed by atoms with E-state index in [-0.39, 0.29) is 17.2 Å². The quantitative estimate of drug-likeness (QED) is 0.649. The Morgan fingerprint density at radius 3 is 2.77 bits per heavy atom. The summed E-state index contributed by atoms with van der Waals surface area (Å²) in [6.45, 7) is 2.64. The lowest BCUT2D eigenvalue weighted by molar-refractivity contribution is -0.139. The van der Waals surface area contributed by atoms with Crippen molar-refractivity contribution in [3.05, 3.63) is 66.1 Å². The average molecular weight is 419 g/mol. The molecule has 0 spiro atoms. The van der Waals surface area contributed by atoms with Crippen LogP contribution in [0.5, 0.6) is 0 Å². The summed E-state index contributed by atoms with van der Waals surface area (Å²) in [6, 6.07) is 14.5. The zero-order valence-electron chi connectivity index (χ0n) is 17.9. The molecule has 1 aromatic carbocycles. The maximum atomic E-state index is 14.0. The van der Waals surface area contributed by atoms with Crippen LogP contribution in [0.2, 0.25) is 0 Å². The first kappa shape index (κ1) is 20.2. The fourth-order valence-electron chi connectivity index (χ4n) is 5.29. The molecule has 3 heterocycles. The number of rotatable bonds is 4. The van der Waals surface area contributed by atoms with Gasteiger partial charge in [0.05, 0.1) is 24.3 Å². The second kappa shape index (κ2) is 8.79. The van der Waals surface area contributed by atoms with E-state index in [1.807, 2.05) is 28.9 Å². The summed E-state index contributed by atoms with van der Waals surface area (Å²) in [7, 11) is 0. The minimum Gasteiger partial charge on any atom is -0.379 e. The molecule has 0 radical (unpaired) electrons. The molecule has 6 heteroatoms. The van der Waals surface area contributed by atoms with Crippen molar-refractivity contribution in [1.82, 2.24) is 19.5 Å². The van der Waals surface area contributed by atoms with Crippen LogP contribution in [0.4, 0.5) is 0 Å². The largest absolute Gasteiger partial charge is 0.379 e. The number of carbonyl (C=O) groups is 1. The standard InChI is InChI=1S/C25H30N4O2/c30-24(25(11-5-2-6-12-25)21-7-3-1-4-8-21)28-15-16-31-19-20(18-28)17-22-9-10-23-26-13-14-29(23)27-22/h1,3-4,7-10,13-14,20H,2,5-6,11-12,15-19H2/t20-/m0/s1. The lowest BCUT2D eigenvalue weighted by Crippen LogP contribution is -2.50. The van der Waals surface area contributed by atoms with Crippen LogP contribution in [0.25, 0.3) is 5.65 Å². The number of amides is 1. The molecular weight excluding hydrogens is 388 g/mol. The van der Waals surface area contributed by atoms with Gasteiger partial charge in [0.25, 0.3) is 0 Å². The van der Waals surface area contributed by atoms with Crippen LogP contribution in [0, 0.1) is 5.92 Å². The SMILES string of the molecule is O=C(N1CCOC[C@@H](Cc2ccc3nccn3n2)C1)C1(c2ccccc2)CCCCC1. The Bertz CT molecular complexity index is 1030. The second-order valence-corrected chi connectivity index (χ2v) is 8.96. The van der Waals surface area contributed by atoms with Gasteiger partial charge in [-0.25, -0.2) is 9.50 Å². The molecule has 2 aromatic heterocycles. The number of ether oxygens (including phenoxy) is 1. The Kier molecular flexibility index (Phi) is 5.72. The molecule has 1 atom stereocenters. The normalized spacial score (nSPS) is 21.7. The molecule has 5 rings (SSSR count). The number of nitrogens with zero attached hydrogens (tertiary/aromatic N) is 4. The first-order valence-electron chi connectivity index (χ1n) is 11.5. The fraction of sp³-hybridized carbons (Fsp3) is 0.480. The number of hydrogen-bond acceptors (Lipinski definition) is 4. The molecule has 1 aliphatic carbocycles. The van der Waals surface area contributed by atoms with E-state index in [2.05, 4.69) is 39.2 Å². The van der Waals surface area contributed by atoms with Gasteiger partial charge < -0.3 is 9.64 Å². The second-order valence-electron chi connectivity index (χ2n) is 8.96. The van der Waals surface area contributed by atoms with Crippen LogP contribution in [0.15, 0.2) is 54.9 Å². The highest BCUT2D eigenvalue weighted by molar-refractivity contribution is 5.88. The maximum absolute atomic E-state index is 14.0. The summed E-state index contributed by atoms with van der Waals surface area (Å²) >= 11 is 0. The predicted octanol–water partition coefficient (Wildman–Crippen LogP) is 3.65. The molecule has 6 nitrogen and oxygen atoms in total. The maximum Gasteiger partial charge on any atom is 0.233 e. The molecule has 1 saturated heterocycles. The van der Waals surface area contributed by atoms with Gasteiger partial charge in [0.2, 0.25) is 5.91 Å². The lowest BCUT2D eigenvalue weighted by Gasteiger charge is -2.40. The Morgan fingerprint density at radius 2 is 1.94 bits per heavy atom. The zero-order valence-corrected chi connectivity index (χ0v) is 17.9. The van der Waals surface area contributed by atoms with E-state index < -0.39 is 0 Å². The van der Waals surface area contributed by atoms with E-state index in [1.54, 1.807) is 6.20 Å². The van der Waals surface area contributed by atoms with Gasteiger partial charge in [0.1, 0.15) is 0 Å². The zero-order chi connectivity index (χ0) is 21.1. The minimum absolute atomic E-state index is 0.233. The summed E-state index contributed by atoms with van der Waals surface area (Å²) in [5.74, 6) is 0.517. The van der Waals surface area contributed by atoms with Crippen LogP contribution in [-0.4, -0.2) is 51.7 Å². The molecule has 3 aromatic rings. The van der Waals surface area contributed by atoms with E-state index in [0.717, 1.165) is 50.0 Å². The highest BCUT2D eigenvalue weighted by Crippen LogP contribution is 2.41. The Hall–Kier alpha value is -2.73. The number of benzene rings is 1. The van der Waals surface area contributed by atoms with Gasteiger partial charge in [-0.3, -0.25) is 4.79 Å². The third-order valence-corrected chi connectivity index (χ3v) is 6.88. The lowest BCUT2D eigenvalue weighted by atomic mass is 9.68. The van der Waals surface area contributed by atoms with Crippen LogP contribution < -0.4 is 0 Å². The Balaban J connectivity index is 1.37. The first-order valence-corrected chi connectivity index (χ1v) is 11.5. The third-order valence-electron chi connectivity index (χ3n) is 6.88. The van der Waals surface area contributed by atoms with Crippen molar-refractivity contribution in [3.8, 4) is 0 Å². The predicted molar refractivity (Wildman–Crippen MR) is 119 cm³/mol. The van der Waals surface area contributed by atoms with Crippen molar-refractivity contribution in [2.45, 2.75) is 43.9 Å². The molecule has 1 saturated carbocycles. The van der Waals surface area contributed by atoms with E-state index in [4.69, 9.17) is 4.74 Å². The van der Waals surface area contributed by atoms with Crippen molar-refractivity contribution in [2.75, 3.05) is 26.3 Å². The molecule has 2 fully saturated rings. The van der Waals surface area contributed by atoms with Gasteiger partial charge in [-0.15, -0.1) is 0 Å². The van der Waals surface area contributed by atoms with E-state index in [9.17, 15) is 4.79 Å².